The van der Waals surface area contributed by atoms with Crippen molar-refractivity contribution in [1.82, 2.24) is 9.62 Å². The number of methoxy groups -OCH3 is 1. The number of nitrogens with one attached hydrogen (secondary N) is 1. The lowest BCUT2D eigenvalue weighted by Crippen LogP contribution is -2.56. The van der Waals surface area contributed by atoms with Gasteiger partial charge >= 0.3 is 0 Å². The molecule has 1 N–H and O–H groups in total. The molecule has 0 aromatic heterocycles. The molecular formula is C13H19ClN2O3S. The Balaban J connectivity index is 2.36. The molecule has 0 aliphatic carbocycles. The van der Waals surface area contributed by atoms with E-state index in [9.17, 15) is 8.42 Å². The van der Waals surface area contributed by atoms with E-state index in [1.165, 1.54) is 23.5 Å². The van der Waals surface area contributed by atoms with Gasteiger partial charge in [-0.3, -0.25) is 0 Å². The van der Waals surface area contributed by atoms with Crippen LogP contribution in [0.15, 0.2) is 23.1 Å². The number of hydrogen-bond donors (Lipinski definition) is 1. The Hall–Kier alpha value is -0.820. The minimum absolute atomic E-state index is 0.0860. The first-order chi connectivity index (χ1) is 9.36. The van der Waals surface area contributed by atoms with E-state index in [2.05, 4.69) is 5.32 Å². The molecule has 0 amide bonds. The summed E-state index contributed by atoms with van der Waals surface area (Å²) in [5, 5.41) is 3.56. The third-order valence-electron chi connectivity index (χ3n) is 3.44. The number of halogens is 1. The number of piperazine rings is 1. The lowest BCUT2D eigenvalue weighted by atomic mass is 10.2. The normalized spacial score (nSPS) is 24.6. The largest absolute Gasteiger partial charge is 0.495 e. The first kappa shape index (κ1) is 15.6. The van der Waals surface area contributed by atoms with Crippen molar-refractivity contribution >= 4 is 21.6 Å². The van der Waals surface area contributed by atoms with Crippen LogP contribution in [0.25, 0.3) is 0 Å². The third-order valence-corrected chi connectivity index (χ3v) is 5.71. The molecular weight excluding hydrogens is 300 g/mol. The van der Waals surface area contributed by atoms with Crippen LogP contribution >= 0.6 is 11.6 Å². The second kappa shape index (κ2) is 5.89. The molecule has 1 aliphatic heterocycles. The van der Waals surface area contributed by atoms with Crippen molar-refractivity contribution in [3.63, 3.8) is 0 Å². The Morgan fingerprint density at radius 2 is 2.10 bits per heavy atom. The van der Waals surface area contributed by atoms with E-state index in [0.29, 0.717) is 23.9 Å². The van der Waals surface area contributed by atoms with Crippen LogP contribution in [-0.4, -0.2) is 45.0 Å². The number of benzene rings is 1. The van der Waals surface area contributed by atoms with Gasteiger partial charge in [0.25, 0.3) is 0 Å². The standard InChI is InChI=1S/C13H19ClN2O3S/c1-9-8-16(10(2)7-15-9)20(17,18)11-4-5-13(19-3)12(14)6-11/h4-6,9-10,15H,7-8H2,1-3H3. The van der Waals surface area contributed by atoms with Crippen molar-refractivity contribution in [1.29, 1.82) is 0 Å². The van der Waals surface area contributed by atoms with Crippen molar-refractivity contribution in [2.45, 2.75) is 30.8 Å². The molecule has 1 aromatic rings. The highest BCUT2D eigenvalue weighted by atomic mass is 35.5. The molecule has 20 heavy (non-hydrogen) atoms. The zero-order valence-electron chi connectivity index (χ0n) is 11.8. The summed E-state index contributed by atoms with van der Waals surface area (Å²) in [4.78, 5) is 0.198. The zero-order valence-corrected chi connectivity index (χ0v) is 13.3. The Morgan fingerprint density at radius 1 is 1.40 bits per heavy atom. The number of rotatable bonds is 3. The first-order valence-electron chi connectivity index (χ1n) is 6.45. The van der Waals surface area contributed by atoms with E-state index in [1.807, 2.05) is 13.8 Å². The molecule has 2 rings (SSSR count). The maximum Gasteiger partial charge on any atom is 0.243 e. The van der Waals surface area contributed by atoms with Gasteiger partial charge < -0.3 is 10.1 Å². The fourth-order valence-electron chi connectivity index (χ4n) is 2.27. The van der Waals surface area contributed by atoms with E-state index in [-0.39, 0.29) is 17.0 Å². The van der Waals surface area contributed by atoms with E-state index in [1.54, 1.807) is 6.07 Å². The van der Waals surface area contributed by atoms with Gasteiger partial charge in [-0.1, -0.05) is 11.6 Å². The predicted octanol–water partition coefficient (Wildman–Crippen LogP) is 1.72. The smallest absolute Gasteiger partial charge is 0.243 e. The molecule has 0 saturated carbocycles. The average molecular weight is 319 g/mol. The molecule has 1 saturated heterocycles. The molecule has 1 aliphatic rings. The van der Waals surface area contributed by atoms with Crippen LogP contribution in [0.2, 0.25) is 5.02 Å². The zero-order chi connectivity index (χ0) is 14.9. The summed E-state index contributed by atoms with van der Waals surface area (Å²) < 4.78 is 32.0. The second-order valence-corrected chi connectivity index (χ2v) is 7.33. The topological polar surface area (TPSA) is 58.6 Å². The van der Waals surface area contributed by atoms with Crippen LogP contribution in [0.1, 0.15) is 13.8 Å². The van der Waals surface area contributed by atoms with Crippen LogP contribution in [0.4, 0.5) is 0 Å². The van der Waals surface area contributed by atoms with Crippen LogP contribution in [0, 0.1) is 0 Å². The van der Waals surface area contributed by atoms with Crippen LogP contribution in [-0.2, 0) is 10.0 Å². The van der Waals surface area contributed by atoms with E-state index < -0.39 is 10.0 Å². The summed E-state index contributed by atoms with van der Waals surface area (Å²) in [5.41, 5.74) is 0. The molecule has 1 fully saturated rings. The minimum atomic E-state index is -3.54. The minimum Gasteiger partial charge on any atom is -0.495 e. The summed E-state index contributed by atoms with van der Waals surface area (Å²) in [5.74, 6) is 0.465. The predicted molar refractivity (Wildman–Crippen MR) is 78.8 cm³/mol. The number of sulfonamides is 1. The first-order valence-corrected chi connectivity index (χ1v) is 8.27. The van der Waals surface area contributed by atoms with Gasteiger partial charge in [0, 0.05) is 25.2 Å². The van der Waals surface area contributed by atoms with Crippen molar-refractivity contribution in [3.8, 4) is 5.75 Å². The lowest BCUT2D eigenvalue weighted by Gasteiger charge is -2.36. The maximum atomic E-state index is 12.7. The molecule has 1 heterocycles. The fourth-order valence-corrected chi connectivity index (χ4v) is 4.33. The molecule has 0 radical (unpaired) electrons. The third kappa shape index (κ3) is 2.93. The molecule has 112 valence electrons. The molecule has 0 spiro atoms. The lowest BCUT2D eigenvalue weighted by molar-refractivity contribution is 0.244. The van der Waals surface area contributed by atoms with Crippen molar-refractivity contribution in [2.75, 3.05) is 20.2 Å². The summed E-state index contributed by atoms with van der Waals surface area (Å²) in [6.07, 6.45) is 0. The highest BCUT2D eigenvalue weighted by Gasteiger charge is 2.33. The highest BCUT2D eigenvalue weighted by molar-refractivity contribution is 7.89. The van der Waals surface area contributed by atoms with Crippen molar-refractivity contribution in [2.24, 2.45) is 0 Å². The Labute approximate surface area is 124 Å². The second-order valence-electron chi connectivity index (χ2n) is 5.03. The quantitative estimate of drug-likeness (QED) is 0.922. The molecule has 2 unspecified atom stereocenters. The van der Waals surface area contributed by atoms with Gasteiger partial charge in [0.05, 0.1) is 17.0 Å². The van der Waals surface area contributed by atoms with Crippen LogP contribution in [0.5, 0.6) is 5.75 Å². The number of ether oxygens (including phenoxy) is 1. The van der Waals surface area contributed by atoms with Gasteiger partial charge in [0.1, 0.15) is 5.75 Å². The van der Waals surface area contributed by atoms with Crippen LogP contribution in [0.3, 0.4) is 0 Å². The SMILES string of the molecule is COc1ccc(S(=O)(=O)N2CC(C)NCC2C)cc1Cl. The summed E-state index contributed by atoms with van der Waals surface area (Å²) in [7, 11) is -2.04. The van der Waals surface area contributed by atoms with Crippen molar-refractivity contribution in [3.05, 3.63) is 23.2 Å². The van der Waals surface area contributed by atoms with Gasteiger partial charge in [-0.2, -0.15) is 4.31 Å². The van der Waals surface area contributed by atoms with Crippen LogP contribution < -0.4 is 10.1 Å². The van der Waals surface area contributed by atoms with Gasteiger partial charge in [-0.25, -0.2) is 8.42 Å². The van der Waals surface area contributed by atoms with Gasteiger partial charge in [-0.05, 0) is 32.0 Å². The summed E-state index contributed by atoms with van der Waals surface area (Å²) in [6, 6.07) is 4.59. The Kier molecular flexibility index (Phi) is 4.59. The molecule has 1 aromatic carbocycles. The maximum absolute atomic E-state index is 12.7. The number of nitrogens with zero attached hydrogens (tertiary/aromatic N) is 1. The molecule has 5 nitrogen and oxygen atoms in total. The molecule has 2 atom stereocenters. The van der Waals surface area contributed by atoms with E-state index >= 15 is 0 Å². The highest BCUT2D eigenvalue weighted by Crippen LogP contribution is 2.29. The monoisotopic (exact) mass is 318 g/mol. The van der Waals surface area contributed by atoms with Gasteiger partial charge in [-0.15, -0.1) is 0 Å². The van der Waals surface area contributed by atoms with E-state index in [4.69, 9.17) is 16.3 Å². The summed E-state index contributed by atoms with van der Waals surface area (Å²) in [6.45, 7) is 4.95. The Morgan fingerprint density at radius 3 is 2.70 bits per heavy atom. The number of hydrogen-bond acceptors (Lipinski definition) is 4. The van der Waals surface area contributed by atoms with Gasteiger partial charge in [0.15, 0.2) is 0 Å². The fraction of sp³-hybridized carbons (Fsp3) is 0.538. The van der Waals surface area contributed by atoms with Gasteiger partial charge in [0.2, 0.25) is 10.0 Å². The van der Waals surface area contributed by atoms with Crippen molar-refractivity contribution < 1.29 is 13.2 Å². The molecule has 7 heteroatoms. The molecule has 0 bridgehead atoms. The average Bonchev–Trinajstić information content (AvgIpc) is 2.41. The Bertz CT molecular complexity index is 591. The van der Waals surface area contributed by atoms with E-state index in [0.717, 1.165) is 0 Å². The summed E-state index contributed by atoms with van der Waals surface area (Å²) >= 11 is 6.02.